The summed E-state index contributed by atoms with van der Waals surface area (Å²) >= 11 is 0. The number of nitrogens with one attached hydrogen (secondary N) is 1. The molecule has 0 saturated carbocycles. The lowest BCUT2D eigenvalue weighted by Crippen LogP contribution is -2.14. The molecule has 0 spiro atoms. The van der Waals surface area contributed by atoms with E-state index in [1.54, 1.807) is 6.21 Å². The first kappa shape index (κ1) is 15.6. The van der Waals surface area contributed by atoms with Gasteiger partial charge in [-0.05, 0) is 18.6 Å². The third-order valence-corrected chi connectivity index (χ3v) is 4.09. The fraction of sp³-hybridized carbons (Fsp3) is 0.235. The number of halogens is 3. The van der Waals surface area contributed by atoms with Crippen molar-refractivity contribution in [3.05, 3.63) is 47.9 Å². The highest BCUT2D eigenvalue weighted by atomic mass is 19.4. The Hall–Kier alpha value is -2.90. The van der Waals surface area contributed by atoms with E-state index in [-0.39, 0.29) is 22.8 Å². The Morgan fingerprint density at radius 1 is 1.24 bits per heavy atom. The van der Waals surface area contributed by atoms with Gasteiger partial charge in [0.15, 0.2) is 5.82 Å². The Morgan fingerprint density at radius 2 is 2.08 bits per heavy atom. The van der Waals surface area contributed by atoms with Crippen LogP contribution in [0.3, 0.4) is 0 Å². The van der Waals surface area contributed by atoms with Gasteiger partial charge < -0.3 is 9.72 Å². The van der Waals surface area contributed by atoms with Crippen LogP contribution >= 0.6 is 0 Å². The number of alkyl halides is 3. The second-order valence-corrected chi connectivity index (χ2v) is 5.70. The number of aromatic amines is 1. The SMILES string of the molecule is FC(F)(F)c1cc2c(N=CC3CCOc4ccccc43)ncnc2[nH]1. The van der Waals surface area contributed by atoms with Crippen LogP contribution in [0.2, 0.25) is 0 Å². The standard InChI is InChI=1S/C17H13F3N4O/c18-17(19,20)14-7-12-15(22-9-23-16(12)24-14)21-8-10-5-6-25-13-4-2-1-3-11(10)13/h1-4,7-10H,5-6H2,(H,22,23,24). The monoisotopic (exact) mass is 346 g/mol. The molecule has 5 nitrogen and oxygen atoms in total. The molecule has 1 N–H and O–H groups in total. The van der Waals surface area contributed by atoms with Crippen molar-refractivity contribution in [2.24, 2.45) is 4.99 Å². The molecule has 1 unspecified atom stereocenters. The summed E-state index contributed by atoms with van der Waals surface area (Å²) in [6.07, 6.45) is -0.815. The van der Waals surface area contributed by atoms with E-state index in [9.17, 15) is 13.2 Å². The molecule has 4 rings (SSSR count). The van der Waals surface area contributed by atoms with Crippen molar-refractivity contribution in [1.29, 1.82) is 0 Å². The summed E-state index contributed by atoms with van der Waals surface area (Å²) < 4.78 is 44.2. The fourth-order valence-electron chi connectivity index (χ4n) is 2.87. The zero-order valence-electron chi connectivity index (χ0n) is 12.9. The quantitative estimate of drug-likeness (QED) is 0.706. The molecule has 0 aliphatic carbocycles. The van der Waals surface area contributed by atoms with Crippen molar-refractivity contribution in [1.82, 2.24) is 15.0 Å². The molecular weight excluding hydrogens is 333 g/mol. The van der Waals surface area contributed by atoms with E-state index in [1.165, 1.54) is 6.33 Å². The molecule has 1 atom stereocenters. The highest BCUT2D eigenvalue weighted by molar-refractivity contribution is 5.88. The van der Waals surface area contributed by atoms with Crippen molar-refractivity contribution < 1.29 is 17.9 Å². The zero-order valence-corrected chi connectivity index (χ0v) is 12.9. The maximum absolute atomic E-state index is 12.9. The Balaban J connectivity index is 1.70. The van der Waals surface area contributed by atoms with Gasteiger partial charge >= 0.3 is 6.18 Å². The van der Waals surface area contributed by atoms with Gasteiger partial charge in [-0.1, -0.05) is 18.2 Å². The summed E-state index contributed by atoms with van der Waals surface area (Å²) in [5, 5.41) is 0.242. The Morgan fingerprint density at radius 3 is 2.92 bits per heavy atom. The molecule has 3 heterocycles. The van der Waals surface area contributed by atoms with Crippen molar-refractivity contribution in [2.45, 2.75) is 18.5 Å². The van der Waals surface area contributed by atoms with E-state index in [4.69, 9.17) is 4.74 Å². The largest absolute Gasteiger partial charge is 0.493 e. The van der Waals surface area contributed by atoms with Crippen LogP contribution < -0.4 is 4.74 Å². The van der Waals surface area contributed by atoms with Crippen molar-refractivity contribution in [3.63, 3.8) is 0 Å². The Labute approximate surface area is 140 Å². The number of hydrogen-bond donors (Lipinski definition) is 1. The van der Waals surface area contributed by atoms with Gasteiger partial charge in [0.05, 0.1) is 12.0 Å². The van der Waals surface area contributed by atoms with Crippen LogP contribution in [-0.2, 0) is 6.18 Å². The average molecular weight is 346 g/mol. The number of aliphatic imine (C=N–C) groups is 1. The first-order valence-electron chi connectivity index (χ1n) is 7.69. The van der Waals surface area contributed by atoms with Gasteiger partial charge in [-0.25, -0.2) is 15.0 Å². The van der Waals surface area contributed by atoms with E-state index in [0.29, 0.717) is 6.61 Å². The van der Waals surface area contributed by atoms with Crippen LogP contribution in [-0.4, -0.2) is 27.8 Å². The average Bonchev–Trinajstić information content (AvgIpc) is 3.05. The number of rotatable bonds is 2. The predicted octanol–water partition coefficient (Wildman–Crippen LogP) is 4.25. The topological polar surface area (TPSA) is 63.2 Å². The molecule has 0 bridgehead atoms. The van der Waals surface area contributed by atoms with Crippen LogP contribution in [0.25, 0.3) is 11.0 Å². The van der Waals surface area contributed by atoms with Gasteiger partial charge in [0.1, 0.15) is 23.4 Å². The first-order valence-corrected chi connectivity index (χ1v) is 7.69. The van der Waals surface area contributed by atoms with Crippen molar-refractivity contribution in [3.8, 4) is 5.75 Å². The molecule has 1 aliphatic heterocycles. The van der Waals surface area contributed by atoms with Gasteiger partial charge in [-0.2, -0.15) is 13.2 Å². The third kappa shape index (κ3) is 2.95. The number of nitrogens with zero attached hydrogens (tertiary/aromatic N) is 3. The molecule has 1 aliphatic rings. The van der Waals surface area contributed by atoms with Crippen molar-refractivity contribution >= 4 is 23.1 Å². The van der Waals surface area contributed by atoms with Gasteiger partial charge in [-0.15, -0.1) is 0 Å². The molecule has 0 saturated heterocycles. The van der Waals surface area contributed by atoms with E-state index in [1.807, 2.05) is 24.3 Å². The molecule has 2 aromatic heterocycles. The van der Waals surface area contributed by atoms with E-state index in [0.717, 1.165) is 23.8 Å². The van der Waals surface area contributed by atoms with Gasteiger partial charge in [0.25, 0.3) is 0 Å². The zero-order chi connectivity index (χ0) is 17.4. The Bertz CT molecular complexity index is 948. The molecule has 0 fully saturated rings. The van der Waals surface area contributed by atoms with Crippen LogP contribution in [0, 0.1) is 0 Å². The second-order valence-electron chi connectivity index (χ2n) is 5.70. The number of fused-ring (bicyclic) bond motifs is 2. The summed E-state index contributed by atoms with van der Waals surface area (Å²) in [5.41, 5.74) is 0.255. The molecule has 8 heteroatoms. The summed E-state index contributed by atoms with van der Waals surface area (Å²) in [6.45, 7) is 0.565. The minimum atomic E-state index is -4.47. The van der Waals surface area contributed by atoms with E-state index >= 15 is 0 Å². The first-order chi connectivity index (χ1) is 12.0. The molecule has 0 amide bonds. The number of H-pyrrole nitrogens is 1. The molecule has 1 aromatic carbocycles. The summed E-state index contributed by atoms with van der Waals surface area (Å²) in [6, 6.07) is 8.64. The lowest BCUT2D eigenvalue weighted by molar-refractivity contribution is -0.140. The highest BCUT2D eigenvalue weighted by Gasteiger charge is 2.33. The van der Waals surface area contributed by atoms with Crippen LogP contribution in [0.1, 0.15) is 23.6 Å². The van der Waals surface area contributed by atoms with Crippen molar-refractivity contribution in [2.75, 3.05) is 6.61 Å². The second kappa shape index (κ2) is 5.87. The number of para-hydroxylation sites is 1. The van der Waals surface area contributed by atoms with E-state index < -0.39 is 11.9 Å². The fourth-order valence-corrected chi connectivity index (χ4v) is 2.87. The number of benzene rings is 1. The lowest BCUT2D eigenvalue weighted by Gasteiger charge is -2.22. The van der Waals surface area contributed by atoms with Crippen LogP contribution in [0.4, 0.5) is 19.0 Å². The van der Waals surface area contributed by atoms with Gasteiger partial charge in [-0.3, -0.25) is 0 Å². The molecule has 0 radical (unpaired) electrons. The minimum Gasteiger partial charge on any atom is -0.493 e. The van der Waals surface area contributed by atoms with Crippen LogP contribution in [0.5, 0.6) is 5.75 Å². The Kier molecular flexibility index (Phi) is 3.67. The maximum Gasteiger partial charge on any atom is 0.431 e. The molecule has 3 aromatic rings. The summed E-state index contributed by atoms with van der Waals surface area (Å²) in [7, 11) is 0. The number of ether oxygens (including phenoxy) is 1. The van der Waals surface area contributed by atoms with Crippen LogP contribution in [0.15, 0.2) is 41.7 Å². The number of hydrogen-bond acceptors (Lipinski definition) is 4. The smallest absolute Gasteiger partial charge is 0.431 e. The van der Waals surface area contributed by atoms with E-state index in [2.05, 4.69) is 19.9 Å². The predicted molar refractivity (Wildman–Crippen MR) is 86.3 cm³/mol. The number of aromatic nitrogens is 3. The summed E-state index contributed by atoms with van der Waals surface area (Å²) in [4.78, 5) is 14.5. The normalized spacial score (nSPS) is 17.6. The highest BCUT2D eigenvalue weighted by Crippen LogP contribution is 2.35. The minimum absolute atomic E-state index is 0.0241. The summed E-state index contributed by atoms with van der Waals surface area (Å²) in [5.74, 6) is 1.04. The lowest BCUT2D eigenvalue weighted by atomic mass is 9.94. The molecule has 25 heavy (non-hydrogen) atoms. The van der Waals surface area contributed by atoms with Gasteiger partial charge in [0, 0.05) is 17.7 Å². The maximum atomic E-state index is 12.9. The molecular formula is C17H13F3N4O. The molecule has 128 valence electrons. The van der Waals surface area contributed by atoms with Gasteiger partial charge in [0.2, 0.25) is 0 Å². The third-order valence-electron chi connectivity index (χ3n) is 4.09.